The minimum atomic E-state index is 0.147. The number of ketones is 1. The van der Waals surface area contributed by atoms with Gasteiger partial charge in [-0.05, 0) is 25.2 Å². The van der Waals surface area contributed by atoms with E-state index in [0.29, 0.717) is 30.9 Å². The molecule has 1 aliphatic heterocycles. The van der Waals surface area contributed by atoms with Gasteiger partial charge in [0, 0.05) is 25.1 Å². The van der Waals surface area contributed by atoms with Crippen LogP contribution in [0, 0.1) is 11.8 Å². The average molecular weight is 255 g/mol. The zero-order valence-corrected chi connectivity index (χ0v) is 12.4. The maximum absolute atomic E-state index is 12.3. The highest BCUT2D eigenvalue weighted by Gasteiger charge is 2.27. The Kier molecular flexibility index (Phi) is 6.87. The number of carbonyl (C=O) groups excluding carboxylic acids is 1. The molecule has 3 heteroatoms. The predicted octanol–water partition coefficient (Wildman–Crippen LogP) is 2.74. The molecule has 1 heterocycles. The minimum absolute atomic E-state index is 0.147. The predicted molar refractivity (Wildman–Crippen MR) is 74.7 cm³/mol. The first-order valence-corrected chi connectivity index (χ1v) is 7.42. The van der Waals surface area contributed by atoms with Crippen LogP contribution in [-0.4, -0.2) is 43.0 Å². The Bertz CT molecular complexity index is 243. The standard InChI is InChI=1S/C15H29NO2/c1-5-14(6-2)16(9-12(3)4)10-15(17)13-7-8-18-11-13/h12-14H,5-11H2,1-4H3. The molecule has 1 aliphatic rings. The normalized spacial score (nSPS) is 20.3. The topological polar surface area (TPSA) is 29.5 Å². The molecule has 1 fully saturated rings. The molecule has 0 aliphatic carbocycles. The van der Waals surface area contributed by atoms with Gasteiger partial charge in [-0.25, -0.2) is 0 Å². The van der Waals surface area contributed by atoms with E-state index in [1.165, 1.54) is 0 Å². The van der Waals surface area contributed by atoms with E-state index in [9.17, 15) is 4.79 Å². The highest BCUT2D eigenvalue weighted by atomic mass is 16.5. The van der Waals surface area contributed by atoms with Crippen molar-refractivity contribution in [3.05, 3.63) is 0 Å². The summed E-state index contributed by atoms with van der Waals surface area (Å²) in [6, 6.07) is 0.540. The van der Waals surface area contributed by atoms with Gasteiger partial charge in [-0.2, -0.15) is 0 Å². The lowest BCUT2D eigenvalue weighted by Crippen LogP contribution is -2.42. The average Bonchev–Trinajstić information content (AvgIpc) is 2.83. The largest absolute Gasteiger partial charge is 0.381 e. The van der Waals surface area contributed by atoms with Gasteiger partial charge in [0.05, 0.1) is 13.2 Å². The third-order valence-corrected chi connectivity index (χ3v) is 3.80. The molecule has 0 spiro atoms. The van der Waals surface area contributed by atoms with Crippen molar-refractivity contribution >= 4 is 5.78 Å². The van der Waals surface area contributed by atoms with Crippen molar-refractivity contribution in [3.8, 4) is 0 Å². The fraction of sp³-hybridized carbons (Fsp3) is 0.933. The molecule has 0 saturated carbocycles. The summed E-state index contributed by atoms with van der Waals surface area (Å²) in [5, 5.41) is 0. The number of hydrogen-bond acceptors (Lipinski definition) is 3. The molecule has 3 nitrogen and oxygen atoms in total. The summed E-state index contributed by atoms with van der Waals surface area (Å²) in [6.45, 7) is 11.9. The van der Waals surface area contributed by atoms with Crippen LogP contribution in [0.5, 0.6) is 0 Å². The summed E-state index contributed by atoms with van der Waals surface area (Å²) < 4.78 is 5.31. The van der Waals surface area contributed by atoms with Crippen LogP contribution in [0.15, 0.2) is 0 Å². The lowest BCUT2D eigenvalue weighted by atomic mass is 10.0. The summed E-state index contributed by atoms with van der Waals surface area (Å²) in [7, 11) is 0. The number of rotatable bonds is 8. The quantitative estimate of drug-likeness (QED) is 0.668. The van der Waals surface area contributed by atoms with Gasteiger partial charge in [-0.3, -0.25) is 9.69 Å². The Morgan fingerprint density at radius 2 is 2.00 bits per heavy atom. The Balaban J connectivity index is 2.55. The maximum atomic E-state index is 12.3. The third kappa shape index (κ3) is 4.69. The first-order valence-electron chi connectivity index (χ1n) is 7.42. The van der Waals surface area contributed by atoms with Crippen LogP contribution < -0.4 is 0 Å². The molecule has 0 bridgehead atoms. The van der Waals surface area contributed by atoms with E-state index in [0.717, 1.165) is 32.4 Å². The molecule has 0 N–H and O–H groups in total. The molecular weight excluding hydrogens is 226 g/mol. The van der Waals surface area contributed by atoms with Crippen molar-refractivity contribution < 1.29 is 9.53 Å². The first-order chi connectivity index (χ1) is 8.58. The summed E-state index contributed by atoms with van der Waals surface area (Å²) in [5.41, 5.74) is 0. The Labute approximate surface area is 112 Å². The van der Waals surface area contributed by atoms with E-state index in [1.54, 1.807) is 0 Å². The minimum Gasteiger partial charge on any atom is -0.381 e. The third-order valence-electron chi connectivity index (χ3n) is 3.80. The fourth-order valence-electron chi connectivity index (χ4n) is 2.73. The maximum Gasteiger partial charge on any atom is 0.152 e. The second-order valence-corrected chi connectivity index (χ2v) is 5.82. The summed E-state index contributed by atoms with van der Waals surface area (Å²) >= 11 is 0. The summed E-state index contributed by atoms with van der Waals surface area (Å²) in [4.78, 5) is 14.6. The van der Waals surface area contributed by atoms with Crippen LogP contribution in [0.4, 0.5) is 0 Å². The Hall–Kier alpha value is -0.410. The Morgan fingerprint density at radius 3 is 2.44 bits per heavy atom. The molecule has 1 atom stereocenters. The molecule has 0 aromatic carbocycles. The molecule has 1 rings (SSSR count). The zero-order valence-electron chi connectivity index (χ0n) is 12.4. The number of Topliss-reactive ketones (excluding diaryl/α,β-unsaturated/α-hetero) is 1. The van der Waals surface area contributed by atoms with Crippen molar-refractivity contribution in [2.24, 2.45) is 11.8 Å². The Morgan fingerprint density at radius 1 is 1.33 bits per heavy atom. The zero-order chi connectivity index (χ0) is 13.5. The molecule has 106 valence electrons. The van der Waals surface area contributed by atoms with Crippen LogP contribution >= 0.6 is 0 Å². The first kappa shape index (κ1) is 15.6. The molecule has 18 heavy (non-hydrogen) atoms. The van der Waals surface area contributed by atoms with Gasteiger partial charge in [0.1, 0.15) is 0 Å². The lowest BCUT2D eigenvalue weighted by molar-refractivity contribution is -0.124. The molecule has 0 aromatic rings. The van der Waals surface area contributed by atoms with Crippen molar-refractivity contribution in [1.82, 2.24) is 4.90 Å². The lowest BCUT2D eigenvalue weighted by Gasteiger charge is -2.31. The van der Waals surface area contributed by atoms with Gasteiger partial charge in [0.2, 0.25) is 0 Å². The van der Waals surface area contributed by atoms with Crippen molar-refractivity contribution in [2.75, 3.05) is 26.3 Å². The highest BCUT2D eigenvalue weighted by molar-refractivity contribution is 5.83. The number of nitrogens with zero attached hydrogens (tertiary/aromatic N) is 1. The monoisotopic (exact) mass is 255 g/mol. The number of carbonyl (C=O) groups is 1. The highest BCUT2D eigenvalue weighted by Crippen LogP contribution is 2.17. The van der Waals surface area contributed by atoms with Crippen LogP contribution in [0.3, 0.4) is 0 Å². The van der Waals surface area contributed by atoms with Gasteiger partial charge >= 0.3 is 0 Å². The summed E-state index contributed by atoms with van der Waals surface area (Å²) in [5.74, 6) is 1.13. The van der Waals surface area contributed by atoms with Gasteiger partial charge in [0.25, 0.3) is 0 Å². The molecule has 1 saturated heterocycles. The second kappa shape index (κ2) is 7.90. The van der Waals surface area contributed by atoms with Gasteiger partial charge in [0.15, 0.2) is 5.78 Å². The van der Waals surface area contributed by atoms with Gasteiger partial charge < -0.3 is 4.74 Å². The van der Waals surface area contributed by atoms with Gasteiger partial charge in [-0.1, -0.05) is 27.7 Å². The SMILES string of the molecule is CCC(CC)N(CC(=O)C1CCOC1)CC(C)C. The number of ether oxygens (including phenoxy) is 1. The summed E-state index contributed by atoms with van der Waals surface area (Å²) in [6.07, 6.45) is 3.16. The second-order valence-electron chi connectivity index (χ2n) is 5.82. The van der Waals surface area contributed by atoms with Crippen LogP contribution in [0.25, 0.3) is 0 Å². The van der Waals surface area contributed by atoms with E-state index >= 15 is 0 Å². The number of hydrogen-bond donors (Lipinski definition) is 0. The van der Waals surface area contributed by atoms with Crippen molar-refractivity contribution in [3.63, 3.8) is 0 Å². The van der Waals surface area contributed by atoms with E-state index in [-0.39, 0.29) is 5.92 Å². The molecular formula is C15H29NO2. The smallest absolute Gasteiger partial charge is 0.152 e. The van der Waals surface area contributed by atoms with E-state index < -0.39 is 0 Å². The van der Waals surface area contributed by atoms with E-state index in [1.807, 2.05) is 0 Å². The fourth-order valence-corrected chi connectivity index (χ4v) is 2.73. The van der Waals surface area contributed by atoms with E-state index in [4.69, 9.17) is 4.74 Å². The molecule has 1 unspecified atom stereocenters. The molecule has 0 radical (unpaired) electrons. The van der Waals surface area contributed by atoms with Crippen LogP contribution in [0.2, 0.25) is 0 Å². The van der Waals surface area contributed by atoms with Crippen molar-refractivity contribution in [1.29, 1.82) is 0 Å². The van der Waals surface area contributed by atoms with E-state index in [2.05, 4.69) is 32.6 Å². The molecule has 0 aromatic heterocycles. The molecule has 0 amide bonds. The van der Waals surface area contributed by atoms with Crippen LogP contribution in [0.1, 0.15) is 47.0 Å². The van der Waals surface area contributed by atoms with Crippen LogP contribution in [-0.2, 0) is 9.53 Å². The van der Waals surface area contributed by atoms with Crippen molar-refractivity contribution in [2.45, 2.75) is 53.0 Å². The van der Waals surface area contributed by atoms with Gasteiger partial charge in [-0.15, -0.1) is 0 Å².